The van der Waals surface area contributed by atoms with Gasteiger partial charge < -0.3 is 5.32 Å². The molecule has 0 saturated carbocycles. The second-order valence-corrected chi connectivity index (χ2v) is 9.74. The van der Waals surface area contributed by atoms with Gasteiger partial charge in [-0.25, -0.2) is 13.4 Å². The number of aromatic nitrogens is 1. The van der Waals surface area contributed by atoms with Crippen molar-refractivity contribution in [3.63, 3.8) is 0 Å². The Hall–Kier alpha value is -1.77. The summed E-state index contributed by atoms with van der Waals surface area (Å²) in [6.45, 7) is 5.27. The molecule has 1 saturated heterocycles. The maximum absolute atomic E-state index is 13.0. The van der Waals surface area contributed by atoms with Crippen LogP contribution in [0.15, 0.2) is 40.7 Å². The van der Waals surface area contributed by atoms with Gasteiger partial charge in [0.1, 0.15) is 0 Å². The van der Waals surface area contributed by atoms with Gasteiger partial charge in [0.15, 0.2) is 10.9 Å². The number of carbonyl (C=O) groups is 1. The first-order valence-electron chi connectivity index (χ1n) is 8.63. The number of piperidine rings is 1. The predicted octanol–water partition coefficient (Wildman–Crippen LogP) is 3.10. The summed E-state index contributed by atoms with van der Waals surface area (Å²) < 4.78 is 27.5. The largest absolute Gasteiger partial charge is 0.354 e. The number of sulfonamides is 1. The lowest BCUT2D eigenvalue weighted by molar-refractivity contribution is 0.101. The highest BCUT2D eigenvalue weighted by molar-refractivity contribution is 7.89. The molecule has 2 aromatic rings. The summed E-state index contributed by atoms with van der Waals surface area (Å²) in [6, 6.07) is 6.31. The highest BCUT2D eigenvalue weighted by atomic mass is 32.2. The average molecular weight is 394 g/mol. The smallest absolute Gasteiger partial charge is 0.243 e. The first kappa shape index (κ1) is 19.0. The standard InChI is InChI=1S/C18H23N3O3S2/c1-13-8-14(2)12-21(11-13)26(23,24)16-5-3-4-15(9-16)17(22)10-20-18-19-6-7-25-18/h3-7,9,13-14H,8,10-12H2,1-2H3,(H,19,20). The van der Waals surface area contributed by atoms with Crippen LogP contribution in [0.3, 0.4) is 0 Å². The second-order valence-electron chi connectivity index (χ2n) is 6.91. The minimum Gasteiger partial charge on any atom is -0.354 e. The quantitative estimate of drug-likeness (QED) is 0.763. The van der Waals surface area contributed by atoms with Crippen LogP contribution in [0.4, 0.5) is 5.13 Å². The van der Waals surface area contributed by atoms with Crippen LogP contribution in [0.2, 0.25) is 0 Å². The number of ketones is 1. The lowest BCUT2D eigenvalue weighted by atomic mass is 9.94. The van der Waals surface area contributed by atoms with Gasteiger partial charge in [-0.1, -0.05) is 26.0 Å². The molecule has 1 aromatic heterocycles. The van der Waals surface area contributed by atoms with Gasteiger partial charge in [0.25, 0.3) is 0 Å². The molecular formula is C18H23N3O3S2. The fourth-order valence-electron chi connectivity index (χ4n) is 3.35. The number of carbonyl (C=O) groups excluding carboxylic acids is 1. The van der Waals surface area contributed by atoms with E-state index in [2.05, 4.69) is 24.1 Å². The van der Waals surface area contributed by atoms with E-state index in [4.69, 9.17) is 0 Å². The van der Waals surface area contributed by atoms with E-state index < -0.39 is 10.0 Å². The van der Waals surface area contributed by atoms with Crippen molar-refractivity contribution < 1.29 is 13.2 Å². The number of nitrogens with zero attached hydrogens (tertiary/aromatic N) is 2. The summed E-state index contributed by atoms with van der Waals surface area (Å²) in [6.07, 6.45) is 2.69. The Morgan fingerprint density at radius 2 is 2.04 bits per heavy atom. The first-order valence-corrected chi connectivity index (χ1v) is 10.9. The van der Waals surface area contributed by atoms with Crippen molar-refractivity contribution in [3.05, 3.63) is 41.4 Å². The third-order valence-corrected chi connectivity index (χ3v) is 7.02. The molecule has 140 valence electrons. The molecule has 0 radical (unpaired) electrons. The van der Waals surface area contributed by atoms with Crippen molar-refractivity contribution in [3.8, 4) is 0 Å². The lowest BCUT2D eigenvalue weighted by Crippen LogP contribution is -2.42. The van der Waals surface area contributed by atoms with Crippen LogP contribution in [-0.2, 0) is 10.0 Å². The lowest BCUT2D eigenvalue weighted by Gasteiger charge is -2.34. The van der Waals surface area contributed by atoms with Gasteiger partial charge in [-0.05, 0) is 30.4 Å². The maximum atomic E-state index is 13.0. The highest BCUT2D eigenvalue weighted by Crippen LogP contribution is 2.27. The minimum atomic E-state index is -3.59. The molecule has 2 unspecified atom stereocenters. The monoisotopic (exact) mass is 393 g/mol. The van der Waals surface area contributed by atoms with E-state index in [0.29, 0.717) is 35.6 Å². The zero-order valence-electron chi connectivity index (χ0n) is 14.9. The molecule has 2 heterocycles. The minimum absolute atomic E-state index is 0.0782. The van der Waals surface area contributed by atoms with Gasteiger partial charge in [0, 0.05) is 30.2 Å². The normalized spacial score (nSPS) is 21.5. The van der Waals surface area contributed by atoms with E-state index in [1.165, 1.54) is 17.4 Å². The number of rotatable bonds is 6. The summed E-state index contributed by atoms with van der Waals surface area (Å²) in [4.78, 5) is 16.7. The van der Waals surface area contributed by atoms with Crippen LogP contribution in [-0.4, -0.2) is 43.1 Å². The van der Waals surface area contributed by atoms with Crippen LogP contribution < -0.4 is 5.32 Å². The fourth-order valence-corrected chi connectivity index (χ4v) is 5.60. The number of benzene rings is 1. The molecule has 2 atom stereocenters. The Bertz CT molecular complexity index is 856. The van der Waals surface area contributed by atoms with Crippen molar-refractivity contribution in [1.29, 1.82) is 0 Å². The molecule has 1 N–H and O–H groups in total. The van der Waals surface area contributed by atoms with Crippen LogP contribution in [0.5, 0.6) is 0 Å². The number of hydrogen-bond acceptors (Lipinski definition) is 6. The van der Waals surface area contributed by atoms with Crippen molar-refractivity contribution in [1.82, 2.24) is 9.29 Å². The SMILES string of the molecule is CC1CC(C)CN(S(=O)(=O)c2cccc(C(=O)CNc3nccs3)c2)C1. The summed E-state index contributed by atoms with van der Waals surface area (Å²) in [5, 5.41) is 5.44. The van der Waals surface area contributed by atoms with Crippen LogP contribution in [0.25, 0.3) is 0 Å². The molecule has 3 rings (SSSR count). The van der Waals surface area contributed by atoms with E-state index in [9.17, 15) is 13.2 Å². The number of nitrogens with one attached hydrogen (secondary N) is 1. The summed E-state index contributed by atoms with van der Waals surface area (Å²) in [5.41, 5.74) is 0.383. The Kier molecular flexibility index (Phi) is 5.74. The molecule has 8 heteroatoms. The van der Waals surface area contributed by atoms with Gasteiger partial charge in [-0.3, -0.25) is 4.79 Å². The zero-order valence-corrected chi connectivity index (χ0v) is 16.5. The van der Waals surface area contributed by atoms with E-state index in [1.54, 1.807) is 28.7 Å². The van der Waals surface area contributed by atoms with Gasteiger partial charge >= 0.3 is 0 Å². The van der Waals surface area contributed by atoms with Crippen molar-refractivity contribution >= 4 is 32.3 Å². The fraction of sp³-hybridized carbons (Fsp3) is 0.444. The average Bonchev–Trinajstić information content (AvgIpc) is 3.12. The van der Waals surface area contributed by atoms with E-state index >= 15 is 0 Å². The van der Waals surface area contributed by atoms with Crippen molar-refractivity contribution in [2.24, 2.45) is 11.8 Å². The molecule has 0 aliphatic carbocycles. The summed E-state index contributed by atoms with van der Waals surface area (Å²) in [7, 11) is -3.59. The topological polar surface area (TPSA) is 79.4 Å². The van der Waals surface area contributed by atoms with Crippen LogP contribution in [0.1, 0.15) is 30.6 Å². The molecule has 1 aromatic carbocycles. The maximum Gasteiger partial charge on any atom is 0.243 e. The van der Waals surface area contributed by atoms with E-state index in [1.807, 2.05) is 5.38 Å². The zero-order chi connectivity index (χ0) is 18.7. The number of thiazole rings is 1. The Balaban J connectivity index is 1.76. The Morgan fingerprint density at radius 3 is 2.69 bits per heavy atom. The molecule has 0 amide bonds. The second kappa shape index (κ2) is 7.85. The number of hydrogen-bond donors (Lipinski definition) is 1. The Morgan fingerprint density at radius 1 is 1.31 bits per heavy atom. The van der Waals surface area contributed by atoms with E-state index in [-0.39, 0.29) is 17.2 Å². The molecule has 0 spiro atoms. The number of anilines is 1. The van der Waals surface area contributed by atoms with E-state index in [0.717, 1.165) is 6.42 Å². The van der Waals surface area contributed by atoms with Gasteiger partial charge in [-0.2, -0.15) is 4.31 Å². The molecule has 26 heavy (non-hydrogen) atoms. The predicted molar refractivity (Wildman–Crippen MR) is 103 cm³/mol. The van der Waals surface area contributed by atoms with Crippen LogP contribution >= 0.6 is 11.3 Å². The first-order chi connectivity index (χ1) is 12.4. The Labute approximate surface area is 158 Å². The third kappa shape index (κ3) is 4.31. The van der Waals surface area contributed by atoms with Gasteiger partial charge in [0.2, 0.25) is 10.0 Å². The number of Topliss-reactive ketones (excluding diaryl/α,β-unsaturated/α-hetero) is 1. The van der Waals surface area contributed by atoms with Crippen molar-refractivity contribution in [2.45, 2.75) is 25.2 Å². The van der Waals surface area contributed by atoms with Crippen molar-refractivity contribution in [2.75, 3.05) is 25.0 Å². The van der Waals surface area contributed by atoms with Crippen LogP contribution in [0, 0.1) is 11.8 Å². The van der Waals surface area contributed by atoms with Gasteiger partial charge in [0.05, 0.1) is 11.4 Å². The third-order valence-electron chi connectivity index (χ3n) is 4.46. The molecule has 1 aliphatic rings. The molecule has 1 fully saturated rings. The highest BCUT2D eigenvalue weighted by Gasteiger charge is 2.31. The molecule has 1 aliphatic heterocycles. The summed E-state index contributed by atoms with van der Waals surface area (Å²) >= 11 is 1.41. The summed E-state index contributed by atoms with van der Waals surface area (Å²) in [5.74, 6) is 0.499. The molecule has 6 nitrogen and oxygen atoms in total. The molecular weight excluding hydrogens is 370 g/mol. The van der Waals surface area contributed by atoms with Gasteiger partial charge in [-0.15, -0.1) is 11.3 Å². The molecule has 0 bridgehead atoms.